The van der Waals surface area contributed by atoms with Gasteiger partial charge in [-0.25, -0.2) is 8.78 Å². The maximum atomic E-state index is 11.8. The number of hydrogen-bond donors (Lipinski definition) is 1. The third-order valence-corrected chi connectivity index (χ3v) is 1.54. The van der Waals surface area contributed by atoms with E-state index in [0.29, 0.717) is 11.3 Å². The maximum Gasteiger partial charge on any atom is 0.272 e. The highest BCUT2D eigenvalue weighted by Gasteiger charge is 2.02. The lowest BCUT2D eigenvalue weighted by molar-refractivity contribution is 0.0819. The first-order chi connectivity index (χ1) is 7.22. The van der Waals surface area contributed by atoms with Crippen LogP contribution in [0.1, 0.15) is 5.56 Å². The van der Waals surface area contributed by atoms with Gasteiger partial charge in [0, 0.05) is 5.56 Å². The van der Waals surface area contributed by atoms with E-state index in [0.717, 1.165) is 0 Å². The zero-order valence-corrected chi connectivity index (χ0v) is 7.91. The summed E-state index contributed by atoms with van der Waals surface area (Å²) in [6.45, 7) is -0.814. The molecule has 1 aromatic rings. The number of rotatable bonds is 3. The van der Waals surface area contributed by atoms with Crippen LogP contribution < -0.4 is 4.74 Å². The zero-order chi connectivity index (χ0) is 11.1. The van der Waals surface area contributed by atoms with E-state index in [2.05, 4.69) is 11.8 Å². The van der Waals surface area contributed by atoms with Crippen LogP contribution in [0, 0.1) is 11.8 Å². The molecule has 15 heavy (non-hydrogen) atoms. The number of aliphatic hydroxyl groups excluding tert-OH is 1. The van der Waals surface area contributed by atoms with E-state index in [-0.39, 0.29) is 6.61 Å². The van der Waals surface area contributed by atoms with Gasteiger partial charge in [0.05, 0.1) is 0 Å². The summed E-state index contributed by atoms with van der Waals surface area (Å²) in [5, 5.41) is 8.45. The van der Waals surface area contributed by atoms with Gasteiger partial charge in [0.2, 0.25) is 0 Å². The predicted octanol–water partition coefficient (Wildman–Crippen LogP) is 1.67. The second-order valence-corrected chi connectivity index (χ2v) is 2.69. The van der Waals surface area contributed by atoms with Gasteiger partial charge in [-0.05, 0) is 24.3 Å². The summed E-state index contributed by atoms with van der Waals surface area (Å²) in [5.74, 6) is 5.54. The molecule has 0 radical (unpaired) electrons. The van der Waals surface area contributed by atoms with E-state index >= 15 is 0 Å². The first-order valence-corrected chi connectivity index (χ1v) is 4.33. The summed E-state index contributed by atoms with van der Waals surface area (Å²) < 4.78 is 28.4. The molecular formula is C11H10F2O2. The van der Waals surface area contributed by atoms with Crippen molar-refractivity contribution < 1.29 is 18.6 Å². The van der Waals surface area contributed by atoms with Gasteiger partial charge in [-0.1, -0.05) is 11.8 Å². The molecule has 0 fully saturated rings. The van der Waals surface area contributed by atoms with Gasteiger partial charge in [-0.2, -0.15) is 0 Å². The van der Waals surface area contributed by atoms with E-state index < -0.39 is 13.0 Å². The second-order valence-electron chi connectivity index (χ2n) is 2.69. The van der Waals surface area contributed by atoms with E-state index in [1.807, 2.05) is 0 Å². The van der Waals surface area contributed by atoms with Crippen LogP contribution in [0.5, 0.6) is 5.75 Å². The van der Waals surface area contributed by atoms with Crippen molar-refractivity contribution in [2.45, 2.75) is 6.43 Å². The predicted molar refractivity (Wildman–Crippen MR) is 51.9 cm³/mol. The Morgan fingerprint density at radius 3 is 2.47 bits per heavy atom. The number of ether oxygens (including phenoxy) is 1. The summed E-state index contributed by atoms with van der Waals surface area (Å²) in [6, 6.07) is 6.40. The number of aliphatic hydroxyl groups is 1. The van der Waals surface area contributed by atoms with Gasteiger partial charge in [-0.15, -0.1) is 0 Å². The Bertz CT molecular complexity index is 349. The van der Waals surface area contributed by atoms with Crippen molar-refractivity contribution in [3.05, 3.63) is 29.8 Å². The summed E-state index contributed by atoms with van der Waals surface area (Å²) in [7, 11) is 0. The molecule has 0 aliphatic carbocycles. The van der Waals surface area contributed by atoms with Crippen LogP contribution in [0.25, 0.3) is 0 Å². The molecule has 1 aromatic carbocycles. The Labute approximate surface area is 86.5 Å². The molecule has 4 heteroatoms. The van der Waals surface area contributed by atoms with Crippen molar-refractivity contribution in [1.82, 2.24) is 0 Å². The Morgan fingerprint density at radius 2 is 1.93 bits per heavy atom. The van der Waals surface area contributed by atoms with E-state index in [4.69, 9.17) is 9.84 Å². The standard InChI is InChI=1S/C11H10F2O2/c12-11(13)8-15-10-5-3-9(4-6-10)2-1-7-14/h3-6,11,14H,7-8H2. The fourth-order valence-electron chi connectivity index (χ4n) is 0.935. The molecule has 0 aromatic heterocycles. The van der Waals surface area contributed by atoms with E-state index in [1.165, 1.54) is 0 Å². The molecule has 0 amide bonds. The monoisotopic (exact) mass is 212 g/mol. The lowest BCUT2D eigenvalue weighted by Gasteiger charge is -2.04. The van der Waals surface area contributed by atoms with Gasteiger partial charge in [-0.3, -0.25) is 0 Å². The Balaban J connectivity index is 2.56. The molecule has 1 N–H and O–H groups in total. The van der Waals surface area contributed by atoms with Gasteiger partial charge >= 0.3 is 0 Å². The van der Waals surface area contributed by atoms with E-state index in [9.17, 15) is 8.78 Å². The molecule has 2 nitrogen and oxygen atoms in total. The molecule has 0 spiro atoms. The summed E-state index contributed by atoms with van der Waals surface area (Å²) in [4.78, 5) is 0. The smallest absolute Gasteiger partial charge is 0.272 e. The molecular weight excluding hydrogens is 202 g/mol. The van der Waals surface area contributed by atoms with Crippen LogP contribution in [0.2, 0.25) is 0 Å². The largest absolute Gasteiger partial charge is 0.488 e. The first kappa shape index (κ1) is 11.5. The molecule has 1 rings (SSSR count). The van der Waals surface area contributed by atoms with Gasteiger partial charge in [0.15, 0.2) is 0 Å². The summed E-state index contributed by atoms with van der Waals surface area (Å²) in [6.07, 6.45) is -2.47. The Morgan fingerprint density at radius 1 is 1.27 bits per heavy atom. The van der Waals surface area contributed by atoms with E-state index in [1.54, 1.807) is 24.3 Å². The van der Waals surface area contributed by atoms with Crippen molar-refractivity contribution in [3.8, 4) is 17.6 Å². The minimum Gasteiger partial charge on any atom is -0.488 e. The molecule has 0 saturated heterocycles. The SMILES string of the molecule is OCC#Cc1ccc(OCC(F)F)cc1. The van der Waals surface area contributed by atoms with Crippen LogP contribution >= 0.6 is 0 Å². The molecule has 80 valence electrons. The van der Waals surface area contributed by atoms with Crippen LogP contribution in [0.4, 0.5) is 8.78 Å². The van der Waals surface area contributed by atoms with Crippen LogP contribution in [-0.2, 0) is 0 Å². The van der Waals surface area contributed by atoms with Crippen LogP contribution in [0.15, 0.2) is 24.3 Å². The zero-order valence-electron chi connectivity index (χ0n) is 7.91. The van der Waals surface area contributed by atoms with Crippen molar-refractivity contribution in [2.75, 3.05) is 13.2 Å². The average molecular weight is 212 g/mol. The lowest BCUT2D eigenvalue weighted by Crippen LogP contribution is -2.06. The van der Waals surface area contributed by atoms with Crippen molar-refractivity contribution in [1.29, 1.82) is 0 Å². The molecule has 0 saturated carbocycles. The molecule has 0 bridgehead atoms. The van der Waals surface area contributed by atoms with Gasteiger partial charge in [0.25, 0.3) is 6.43 Å². The first-order valence-electron chi connectivity index (χ1n) is 4.33. The molecule has 0 aliphatic heterocycles. The molecule has 0 unspecified atom stereocenters. The highest BCUT2D eigenvalue weighted by Crippen LogP contribution is 2.12. The summed E-state index contributed by atoms with van der Waals surface area (Å²) in [5.41, 5.74) is 0.702. The van der Waals surface area contributed by atoms with Crippen molar-refractivity contribution >= 4 is 0 Å². The Hall–Kier alpha value is -1.60. The third kappa shape index (κ3) is 4.43. The minimum atomic E-state index is -2.47. The quantitative estimate of drug-likeness (QED) is 0.772. The Kier molecular flexibility index (Phi) is 4.58. The number of halogens is 2. The number of benzene rings is 1. The topological polar surface area (TPSA) is 29.5 Å². The van der Waals surface area contributed by atoms with Gasteiger partial charge < -0.3 is 9.84 Å². The summed E-state index contributed by atoms with van der Waals surface area (Å²) >= 11 is 0. The maximum absolute atomic E-state index is 11.8. The van der Waals surface area contributed by atoms with Crippen molar-refractivity contribution in [3.63, 3.8) is 0 Å². The fourth-order valence-corrected chi connectivity index (χ4v) is 0.935. The van der Waals surface area contributed by atoms with Gasteiger partial charge in [0.1, 0.15) is 19.0 Å². The third-order valence-electron chi connectivity index (χ3n) is 1.54. The molecule has 0 heterocycles. The van der Waals surface area contributed by atoms with Crippen LogP contribution in [-0.4, -0.2) is 24.7 Å². The lowest BCUT2D eigenvalue weighted by atomic mass is 10.2. The van der Waals surface area contributed by atoms with Crippen molar-refractivity contribution in [2.24, 2.45) is 0 Å². The number of alkyl halides is 2. The highest BCUT2D eigenvalue weighted by molar-refractivity contribution is 5.38. The number of hydrogen-bond acceptors (Lipinski definition) is 2. The highest BCUT2D eigenvalue weighted by atomic mass is 19.3. The molecule has 0 atom stereocenters. The van der Waals surface area contributed by atoms with Crippen LogP contribution in [0.3, 0.4) is 0 Å². The second kappa shape index (κ2) is 5.99. The molecule has 0 aliphatic rings. The normalized spacial score (nSPS) is 9.60. The fraction of sp³-hybridized carbons (Fsp3) is 0.273. The minimum absolute atomic E-state index is 0.205. The average Bonchev–Trinajstić information content (AvgIpc) is 2.25.